The monoisotopic (exact) mass is 500 g/mol. The van der Waals surface area contributed by atoms with Gasteiger partial charge in [-0.3, -0.25) is 9.78 Å². The first kappa shape index (κ1) is 26.0. The molecule has 0 fully saturated rings. The number of Topliss-reactive ketones (excluding diaryl/α,β-unsaturated/α-hetero) is 1. The molecule has 0 bridgehead atoms. The molecule has 0 spiro atoms. The van der Waals surface area contributed by atoms with Gasteiger partial charge < -0.3 is 14.6 Å². The summed E-state index contributed by atoms with van der Waals surface area (Å²) in [6, 6.07) is 17.2. The molecule has 2 aromatic heterocycles. The third-order valence-electron chi connectivity index (χ3n) is 6.42. The van der Waals surface area contributed by atoms with Crippen LogP contribution in [0.5, 0.6) is 11.5 Å². The van der Waals surface area contributed by atoms with E-state index in [1.165, 1.54) is 13.2 Å². The molecular weight excluding hydrogens is 471 g/mol. The van der Waals surface area contributed by atoms with Gasteiger partial charge in [-0.05, 0) is 86.0 Å². The molecule has 0 radical (unpaired) electrons. The average molecular weight is 501 g/mol. The Balaban J connectivity index is 1.54. The number of nitrogens with zero attached hydrogens (tertiary/aromatic N) is 2. The molecule has 1 N–H and O–H groups in total. The minimum absolute atomic E-state index is 0.101. The van der Waals surface area contributed by atoms with Gasteiger partial charge >= 0.3 is 0 Å². The van der Waals surface area contributed by atoms with E-state index >= 15 is 0 Å². The molecule has 2 heterocycles. The van der Waals surface area contributed by atoms with Crippen LogP contribution in [0.1, 0.15) is 41.4 Å². The number of methoxy groups -OCH3 is 2. The first-order valence-corrected chi connectivity index (χ1v) is 11.9. The highest BCUT2D eigenvalue weighted by atomic mass is 19.1. The zero-order valence-corrected chi connectivity index (χ0v) is 21.3. The fourth-order valence-electron chi connectivity index (χ4n) is 4.17. The standard InChI is InChI=1S/C30H29FN2O4/c1-19-17-22(6-8-24(19)31)29-26(36-3)9-10-28(33-29)30(2,35)14-11-25(34)21-5-7-23(27(18-21)37-4)20-12-15-32-16-13-20/h5-10,12-13,15-18,35H,11,14H2,1-4H3. The summed E-state index contributed by atoms with van der Waals surface area (Å²) in [6.07, 6.45) is 3.66. The van der Waals surface area contributed by atoms with Crippen molar-refractivity contribution in [3.8, 4) is 33.9 Å². The number of carbonyl (C=O) groups excluding carboxylic acids is 1. The second-order valence-electron chi connectivity index (χ2n) is 9.06. The van der Waals surface area contributed by atoms with E-state index < -0.39 is 5.60 Å². The number of ketones is 1. The number of pyridine rings is 2. The Kier molecular flexibility index (Phi) is 7.64. The van der Waals surface area contributed by atoms with Crippen molar-refractivity contribution in [2.45, 2.75) is 32.3 Å². The van der Waals surface area contributed by atoms with Crippen LogP contribution in [0.4, 0.5) is 4.39 Å². The zero-order chi connectivity index (χ0) is 26.6. The van der Waals surface area contributed by atoms with Crippen LogP contribution in [0.3, 0.4) is 0 Å². The molecule has 0 aliphatic carbocycles. The second-order valence-corrected chi connectivity index (χ2v) is 9.06. The fourth-order valence-corrected chi connectivity index (χ4v) is 4.17. The summed E-state index contributed by atoms with van der Waals surface area (Å²) in [5.74, 6) is 0.653. The van der Waals surface area contributed by atoms with E-state index in [1.807, 2.05) is 18.2 Å². The van der Waals surface area contributed by atoms with Crippen LogP contribution in [-0.4, -0.2) is 35.1 Å². The number of hydrogen-bond donors (Lipinski definition) is 1. The normalized spacial score (nSPS) is 12.6. The molecule has 4 aromatic rings. The molecule has 0 saturated carbocycles. The Morgan fingerprint density at radius 2 is 1.68 bits per heavy atom. The lowest BCUT2D eigenvalue weighted by atomic mass is 9.91. The lowest BCUT2D eigenvalue weighted by Crippen LogP contribution is -2.24. The zero-order valence-electron chi connectivity index (χ0n) is 21.3. The summed E-state index contributed by atoms with van der Waals surface area (Å²) in [5, 5.41) is 11.3. The van der Waals surface area contributed by atoms with Crippen LogP contribution < -0.4 is 9.47 Å². The maximum atomic E-state index is 13.8. The van der Waals surface area contributed by atoms with Crippen LogP contribution in [0.25, 0.3) is 22.4 Å². The van der Waals surface area contributed by atoms with Crippen LogP contribution in [0.2, 0.25) is 0 Å². The van der Waals surface area contributed by atoms with Crippen molar-refractivity contribution >= 4 is 5.78 Å². The average Bonchev–Trinajstić information content (AvgIpc) is 2.93. The van der Waals surface area contributed by atoms with Gasteiger partial charge in [0.15, 0.2) is 5.78 Å². The third kappa shape index (κ3) is 5.67. The van der Waals surface area contributed by atoms with Crippen LogP contribution in [0.15, 0.2) is 73.1 Å². The number of hydrogen-bond acceptors (Lipinski definition) is 6. The number of carbonyl (C=O) groups is 1. The van der Waals surface area contributed by atoms with Crippen molar-refractivity contribution in [2.75, 3.05) is 14.2 Å². The minimum atomic E-state index is -1.38. The molecule has 0 aliphatic rings. The summed E-state index contributed by atoms with van der Waals surface area (Å²) in [4.78, 5) is 21.7. The molecule has 4 rings (SSSR count). The van der Waals surface area contributed by atoms with E-state index in [0.717, 1.165) is 11.1 Å². The molecule has 0 saturated heterocycles. The van der Waals surface area contributed by atoms with Gasteiger partial charge in [0.25, 0.3) is 0 Å². The van der Waals surface area contributed by atoms with Crippen molar-refractivity contribution in [1.82, 2.24) is 9.97 Å². The van der Waals surface area contributed by atoms with Gasteiger partial charge in [-0.25, -0.2) is 9.37 Å². The van der Waals surface area contributed by atoms with E-state index in [4.69, 9.17) is 9.47 Å². The van der Waals surface area contributed by atoms with Crippen LogP contribution >= 0.6 is 0 Å². The number of rotatable bonds is 9. The van der Waals surface area contributed by atoms with Crippen LogP contribution in [0, 0.1) is 12.7 Å². The Labute approximate surface area is 215 Å². The molecule has 0 amide bonds. The number of ether oxygens (including phenoxy) is 2. The molecule has 1 atom stereocenters. The Bertz CT molecular complexity index is 1420. The predicted octanol–water partition coefficient (Wildman–Crippen LogP) is 6.15. The Morgan fingerprint density at radius 3 is 2.35 bits per heavy atom. The number of aromatic nitrogens is 2. The predicted molar refractivity (Wildman–Crippen MR) is 140 cm³/mol. The van der Waals surface area contributed by atoms with Gasteiger partial charge in [0.05, 0.1) is 19.9 Å². The Morgan fingerprint density at radius 1 is 0.946 bits per heavy atom. The van der Waals surface area contributed by atoms with Crippen molar-refractivity contribution in [1.29, 1.82) is 0 Å². The number of halogens is 1. The summed E-state index contributed by atoms with van der Waals surface area (Å²) in [7, 11) is 3.09. The summed E-state index contributed by atoms with van der Waals surface area (Å²) in [5.41, 5.74) is 2.95. The van der Waals surface area contributed by atoms with Gasteiger partial charge in [-0.1, -0.05) is 6.07 Å². The van der Waals surface area contributed by atoms with E-state index in [-0.39, 0.29) is 24.4 Å². The molecule has 1 unspecified atom stereocenters. The van der Waals surface area contributed by atoms with Crippen molar-refractivity contribution in [2.24, 2.45) is 0 Å². The van der Waals surface area contributed by atoms with Gasteiger partial charge in [0, 0.05) is 35.5 Å². The first-order valence-electron chi connectivity index (χ1n) is 11.9. The van der Waals surface area contributed by atoms with Gasteiger partial charge in [0.1, 0.15) is 28.6 Å². The van der Waals surface area contributed by atoms with Crippen molar-refractivity contribution in [3.63, 3.8) is 0 Å². The maximum Gasteiger partial charge on any atom is 0.163 e. The minimum Gasteiger partial charge on any atom is -0.496 e. The maximum absolute atomic E-state index is 13.8. The lowest BCUT2D eigenvalue weighted by molar-refractivity contribution is 0.0397. The highest BCUT2D eigenvalue weighted by Crippen LogP contribution is 2.35. The highest BCUT2D eigenvalue weighted by Gasteiger charge is 2.27. The van der Waals surface area contributed by atoms with Crippen molar-refractivity contribution in [3.05, 3.63) is 95.7 Å². The second kappa shape index (κ2) is 10.9. The highest BCUT2D eigenvalue weighted by molar-refractivity contribution is 5.97. The molecular formula is C30H29FN2O4. The number of benzene rings is 2. The van der Waals surface area contributed by atoms with Gasteiger partial charge in [0.2, 0.25) is 0 Å². The molecule has 190 valence electrons. The van der Waals surface area contributed by atoms with E-state index in [0.29, 0.717) is 39.6 Å². The lowest BCUT2D eigenvalue weighted by Gasteiger charge is -2.24. The molecule has 0 aliphatic heterocycles. The smallest absolute Gasteiger partial charge is 0.163 e. The molecule has 2 aromatic carbocycles. The largest absolute Gasteiger partial charge is 0.496 e. The number of aryl methyl sites for hydroxylation is 1. The third-order valence-corrected chi connectivity index (χ3v) is 6.42. The molecule has 7 heteroatoms. The van der Waals surface area contributed by atoms with Gasteiger partial charge in [-0.2, -0.15) is 0 Å². The fraction of sp³-hybridized carbons (Fsp3) is 0.233. The summed E-state index contributed by atoms with van der Waals surface area (Å²) < 4.78 is 24.8. The number of aliphatic hydroxyl groups is 1. The first-order chi connectivity index (χ1) is 17.7. The SMILES string of the molecule is COc1cc(C(=O)CCC(C)(O)c2ccc(OC)c(-c3ccc(F)c(C)c3)n2)ccc1-c1ccncc1. The molecule has 37 heavy (non-hydrogen) atoms. The molecule has 6 nitrogen and oxygen atoms in total. The topological polar surface area (TPSA) is 81.5 Å². The quantitative estimate of drug-likeness (QED) is 0.278. The van der Waals surface area contributed by atoms with Crippen LogP contribution in [-0.2, 0) is 5.60 Å². The Hall–Kier alpha value is -4.10. The van der Waals surface area contributed by atoms with E-state index in [9.17, 15) is 14.3 Å². The van der Waals surface area contributed by atoms with E-state index in [1.54, 1.807) is 69.7 Å². The van der Waals surface area contributed by atoms with Crippen molar-refractivity contribution < 1.29 is 23.8 Å². The van der Waals surface area contributed by atoms with E-state index in [2.05, 4.69) is 9.97 Å². The van der Waals surface area contributed by atoms with Gasteiger partial charge in [-0.15, -0.1) is 0 Å². The summed E-state index contributed by atoms with van der Waals surface area (Å²) in [6.45, 7) is 3.30. The summed E-state index contributed by atoms with van der Waals surface area (Å²) >= 11 is 0.